The lowest BCUT2D eigenvalue weighted by molar-refractivity contribution is -0.138. The van der Waals surface area contributed by atoms with Gasteiger partial charge in [0.2, 0.25) is 0 Å². The fraction of sp³-hybridized carbons (Fsp3) is 0.385. The lowest BCUT2D eigenvalue weighted by atomic mass is 10.1. The molecule has 0 aliphatic carbocycles. The molecule has 0 radical (unpaired) electrons. The van der Waals surface area contributed by atoms with Crippen molar-refractivity contribution < 1.29 is 17.7 Å². The minimum Gasteiger partial charge on any atom is -0.334 e. The topological polar surface area (TPSA) is 64.9 Å². The summed E-state index contributed by atoms with van der Waals surface area (Å²) in [4.78, 5) is 4.07. The Kier molecular flexibility index (Phi) is 4.67. The molecule has 8 heteroatoms. The van der Waals surface area contributed by atoms with Gasteiger partial charge in [-0.05, 0) is 24.6 Å². The van der Waals surface area contributed by atoms with Gasteiger partial charge in [-0.1, -0.05) is 34.4 Å². The van der Waals surface area contributed by atoms with Crippen LogP contribution < -0.4 is 5.73 Å². The van der Waals surface area contributed by atoms with Crippen LogP contribution in [0.15, 0.2) is 27.2 Å². The summed E-state index contributed by atoms with van der Waals surface area (Å²) in [5, 5.41) is 3.72. The molecule has 2 rings (SSSR count). The number of hydrogen-bond donors (Lipinski definition) is 1. The second-order valence-corrected chi connectivity index (χ2v) is 5.40. The van der Waals surface area contributed by atoms with Gasteiger partial charge in [0.15, 0.2) is 5.82 Å². The molecule has 1 heterocycles. The Hall–Kier alpha value is -1.41. The normalized spacial score (nSPS) is 13.4. The highest BCUT2D eigenvalue weighted by molar-refractivity contribution is 9.10. The van der Waals surface area contributed by atoms with Crippen molar-refractivity contribution in [3.63, 3.8) is 0 Å². The first kappa shape index (κ1) is 16.0. The molecular formula is C13H13BrF3N3O. The van der Waals surface area contributed by atoms with Gasteiger partial charge in [0, 0.05) is 10.0 Å². The number of rotatable bonds is 4. The molecule has 0 aliphatic heterocycles. The molecule has 114 valence electrons. The smallest absolute Gasteiger partial charge is 0.334 e. The third-order valence-electron chi connectivity index (χ3n) is 2.89. The lowest BCUT2D eigenvalue weighted by Gasteiger charge is -2.09. The highest BCUT2D eigenvalue weighted by Crippen LogP contribution is 2.37. The van der Waals surface area contributed by atoms with Gasteiger partial charge in [-0.15, -0.1) is 0 Å². The third-order valence-corrected chi connectivity index (χ3v) is 3.58. The number of alkyl halides is 3. The first-order chi connectivity index (χ1) is 9.82. The minimum absolute atomic E-state index is 0.0227. The van der Waals surface area contributed by atoms with E-state index in [-0.39, 0.29) is 22.0 Å². The van der Waals surface area contributed by atoms with Crippen LogP contribution >= 0.6 is 15.9 Å². The summed E-state index contributed by atoms with van der Waals surface area (Å²) in [5.74, 6) is 0.317. The summed E-state index contributed by atoms with van der Waals surface area (Å²) in [6.07, 6.45) is -2.94. The molecule has 0 spiro atoms. The Morgan fingerprint density at radius 3 is 2.71 bits per heavy atom. The number of benzene rings is 1. The molecule has 1 atom stereocenters. The van der Waals surface area contributed by atoms with Crippen LogP contribution in [0.3, 0.4) is 0 Å². The highest BCUT2D eigenvalue weighted by atomic mass is 79.9. The van der Waals surface area contributed by atoms with Crippen LogP contribution in [0.5, 0.6) is 0 Å². The van der Waals surface area contributed by atoms with Crippen LogP contribution in [-0.4, -0.2) is 10.1 Å². The molecule has 1 aromatic heterocycles. The predicted octanol–water partition coefficient (Wildman–Crippen LogP) is 4.32. The predicted molar refractivity (Wildman–Crippen MR) is 74.3 cm³/mol. The summed E-state index contributed by atoms with van der Waals surface area (Å²) in [6.45, 7) is 1.96. The van der Waals surface area contributed by atoms with E-state index >= 15 is 0 Å². The van der Waals surface area contributed by atoms with E-state index < -0.39 is 11.7 Å². The van der Waals surface area contributed by atoms with Crippen molar-refractivity contribution >= 4 is 15.9 Å². The summed E-state index contributed by atoms with van der Waals surface area (Å²) >= 11 is 2.88. The largest absolute Gasteiger partial charge is 0.417 e. The molecule has 0 saturated heterocycles. The number of nitrogens with zero attached hydrogens (tertiary/aromatic N) is 2. The van der Waals surface area contributed by atoms with Crippen molar-refractivity contribution in [1.29, 1.82) is 0 Å². The van der Waals surface area contributed by atoms with E-state index in [2.05, 4.69) is 26.1 Å². The van der Waals surface area contributed by atoms with E-state index in [0.717, 1.165) is 12.5 Å². The molecule has 4 nitrogen and oxygen atoms in total. The van der Waals surface area contributed by atoms with Crippen molar-refractivity contribution in [3.05, 3.63) is 34.1 Å². The SMILES string of the molecule is CCCC(N)c1noc(-c2ccc(Br)c(C(F)(F)F)c2)n1. The van der Waals surface area contributed by atoms with E-state index in [9.17, 15) is 13.2 Å². The fourth-order valence-electron chi connectivity index (χ4n) is 1.82. The van der Waals surface area contributed by atoms with Gasteiger partial charge in [0.1, 0.15) is 0 Å². The van der Waals surface area contributed by atoms with E-state index in [1.807, 2.05) is 6.92 Å². The van der Waals surface area contributed by atoms with E-state index in [1.165, 1.54) is 12.1 Å². The monoisotopic (exact) mass is 363 g/mol. The van der Waals surface area contributed by atoms with Crippen LogP contribution in [0.4, 0.5) is 13.2 Å². The Balaban J connectivity index is 2.35. The Morgan fingerprint density at radius 2 is 2.10 bits per heavy atom. The van der Waals surface area contributed by atoms with Gasteiger partial charge >= 0.3 is 6.18 Å². The summed E-state index contributed by atoms with van der Waals surface area (Å²) in [7, 11) is 0. The summed E-state index contributed by atoms with van der Waals surface area (Å²) in [5.41, 5.74) is 5.26. The van der Waals surface area contributed by atoms with Crippen molar-refractivity contribution in [3.8, 4) is 11.5 Å². The van der Waals surface area contributed by atoms with Crippen molar-refractivity contribution in [1.82, 2.24) is 10.1 Å². The Morgan fingerprint density at radius 1 is 1.38 bits per heavy atom. The van der Waals surface area contributed by atoms with Crippen LogP contribution in [0.25, 0.3) is 11.5 Å². The molecule has 1 aromatic carbocycles. The van der Waals surface area contributed by atoms with E-state index in [1.54, 1.807) is 0 Å². The van der Waals surface area contributed by atoms with Gasteiger partial charge in [0.05, 0.1) is 11.6 Å². The molecule has 1 unspecified atom stereocenters. The molecule has 2 aromatic rings. The zero-order valence-electron chi connectivity index (χ0n) is 11.1. The first-order valence-electron chi connectivity index (χ1n) is 6.29. The average Bonchev–Trinajstić information content (AvgIpc) is 2.88. The first-order valence-corrected chi connectivity index (χ1v) is 7.08. The molecule has 0 saturated carbocycles. The van der Waals surface area contributed by atoms with Gasteiger partial charge in [-0.3, -0.25) is 0 Å². The molecule has 0 bridgehead atoms. The highest BCUT2D eigenvalue weighted by Gasteiger charge is 2.33. The summed E-state index contributed by atoms with van der Waals surface area (Å²) in [6, 6.07) is 3.35. The third kappa shape index (κ3) is 3.62. The molecular weight excluding hydrogens is 351 g/mol. The van der Waals surface area contributed by atoms with Gasteiger partial charge < -0.3 is 10.3 Å². The fourth-order valence-corrected chi connectivity index (χ4v) is 2.29. The number of aromatic nitrogens is 2. The molecule has 0 fully saturated rings. The summed E-state index contributed by atoms with van der Waals surface area (Å²) < 4.78 is 43.5. The lowest BCUT2D eigenvalue weighted by Crippen LogP contribution is -2.11. The number of halogens is 4. The van der Waals surface area contributed by atoms with Gasteiger partial charge in [-0.2, -0.15) is 18.2 Å². The maximum atomic E-state index is 12.9. The van der Waals surface area contributed by atoms with Crippen LogP contribution in [-0.2, 0) is 6.18 Å². The molecule has 21 heavy (non-hydrogen) atoms. The van der Waals surface area contributed by atoms with E-state index in [4.69, 9.17) is 10.3 Å². The quantitative estimate of drug-likeness (QED) is 0.878. The Bertz CT molecular complexity index is 627. The van der Waals surface area contributed by atoms with Gasteiger partial charge in [0.25, 0.3) is 5.89 Å². The van der Waals surface area contributed by atoms with Gasteiger partial charge in [-0.25, -0.2) is 0 Å². The molecule has 2 N–H and O–H groups in total. The standard InChI is InChI=1S/C13H13BrF3N3O/c1-2-3-10(18)11-19-12(21-20-11)7-4-5-9(14)8(6-7)13(15,16)17/h4-6,10H,2-3,18H2,1H3. The van der Waals surface area contributed by atoms with Crippen molar-refractivity contribution in [2.75, 3.05) is 0 Å². The van der Waals surface area contributed by atoms with E-state index in [0.29, 0.717) is 12.2 Å². The maximum Gasteiger partial charge on any atom is 0.417 e. The maximum absolute atomic E-state index is 12.9. The van der Waals surface area contributed by atoms with Crippen LogP contribution in [0, 0.1) is 0 Å². The second kappa shape index (κ2) is 6.15. The number of nitrogens with two attached hydrogens (primary N) is 1. The van der Waals surface area contributed by atoms with Crippen molar-refractivity contribution in [2.24, 2.45) is 5.73 Å². The molecule has 0 amide bonds. The zero-order chi connectivity index (χ0) is 15.6. The molecule has 0 aliphatic rings. The Labute approximate surface area is 127 Å². The number of hydrogen-bond acceptors (Lipinski definition) is 4. The van der Waals surface area contributed by atoms with Crippen LogP contribution in [0.1, 0.15) is 37.2 Å². The second-order valence-electron chi connectivity index (χ2n) is 4.55. The van der Waals surface area contributed by atoms with Crippen molar-refractivity contribution in [2.45, 2.75) is 32.0 Å². The zero-order valence-corrected chi connectivity index (χ0v) is 12.7. The van der Waals surface area contributed by atoms with Crippen LogP contribution in [0.2, 0.25) is 0 Å². The average molecular weight is 364 g/mol. The minimum atomic E-state index is -4.46.